The van der Waals surface area contributed by atoms with Gasteiger partial charge >= 0.3 is 5.97 Å². The third-order valence-corrected chi connectivity index (χ3v) is 4.22. The van der Waals surface area contributed by atoms with Gasteiger partial charge in [-0.3, -0.25) is 0 Å². The lowest BCUT2D eigenvalue weighted by atomic mass is 10.1. The van der Waals surface area contributed by atoms with Crippen LogP contribution in [0.15, 0.2) is 40.1 Å². The molecular formula is C18H26BrNO4Si. The van der Waals surface area contributed by atoms with Crippen LogP contribution in [-0.2, 0) is 14.0 Å². The number of nitrogens with zero attached hydrogens (tertiary/aromatic N) is 1. The van der Waals surface area contributed by atoms with Gasteiger partial charge in [-0.05, 0) is 65.2 Å². The van der Waals surface area contributed by atoms with Crippen LogP contribution in [0.4, 0.5) is 0 Å². The number of carbonyl (C=O) groups excluding carboxylic acids is 1. The zero-order valence-electron chi connectivity index (χ0n) is 15.7. The molecule has 0 spiro atoms. The van der Waals surface area contributed by atoms with Crippen LogP contribution in [-0.4, -0.2) is 32.7 Å². The van der Waals surface area contributed by atoms with Crippen LogP contribution in [0, 0.1) is 0 Å². The predicted molar refractivity (Wildman–Crippen MR) is 107 cm³/mol. The van der Waals surface area contributed by atoms with Crippen molar-refractivity contribution in [3.8, 4) is 5.75 Å². The SMILES string of the molecule is C=C(/N=C/c1cc(Br)ccc1OC(C)(C)C(=O)OCC)O[Si](C)(C)C. The second-order valence-electron chi connectivity index (χ2n) is 6.88. The zero-order valence-corrected chi connectivity index (χ0v) is 18.3. The molecule has 1 rings (SSSR count). The molecule has 0 aromatic heterocycles. The monoisotopic (exact) mass is 427 g/mol. The number of hydrogen-bond donors (Lipinski definition) is 0. The topological polar surface area (TPSA) is 57.1 Å². The molecule has 0 bridgehead atoms. The lowest BCUT2D eigenvalue weighted by Crippen LogP contribution is -2.40. The van der Waals surface area contributed by atoms with Crippen molar-refractivity contribution >= 4 is 36.4 Å². The number of esters is 1. The Hall–Kier alpha value is -1.60. The maximum Gasteiger partial charge on any atom is 0.349 e. The standard InChI is InChI=1S/C18H26BrNO4Si/c1-8-22-17(21)18(3,4)23-16-10-9-15(19)11-14(16)12-20-13(2)24-25(5,6)7/h9-12H,2,8H2,1,3-7H3/b20-12+. The highest BCUT2D eigenvalue weighted by atomic mass is 79.9. The van der Waals surface area contributed by atoms with Gasteiger partial charge in [0.1, 0.15) is 5.75 Å². The van der Waals surface area contributed by atoms with Crippen molar-refractivity contribution in [2.24, 2.45) is 4.99 Å². The summed E-state index contributed by atoms with van der Waals surface area (Å²) in [5.74, 6) is 0.452. The van der Waals surface area contributed by atoms with Crippen LogP contribution in [0.5, 0.6) is 5.75 Å². The van der Waals surface area contributed by atoms with Crippen LogP contribution in [0.2, 0.25) is 19.6 Å². The van der Waals surface area contributed by atoms with Gasteiger partial charge in [-0.2, -0.15) is 0 Å². The molecule has 0 aliphatic heterocycles. The highest BCUT2D eigenvalue weighted by Crippen LogP contribution is 2.26. The maximum atomic E-state index is 12.1. The number of benzene rings is 1. The molecule has 0 fully saturated rings. The minimum atomic E-state index is -1.76. The molecule has 0 aliphatic rings. The molecule has 0 radical (unpaired) electrons. The molecule has 0 aliphatic carbocycles. The number of aliphatic imine (C=N–C) groups is 1. The van der Waals surface area contributed by atoms with Crippen molar-refractivity contribution in [2.45, 2.75) is 46.0 Å². The Bertz CT molecular complexity index is 666. The van der Waals surface area contributed by atoms with Crippen LogP contribution < -0.4 is 4.74 Å². The third kappa shape index (κ3) is 7.44. The van der Waals surface area contributed by atoms with Gasteiger partial charge in [-0.25, -0.2) is 9.79 Å². The predicted octanol–water partition coefficient (Wildman–Crippen LogP) is 4.91. The van der Waals surface area contributed by atoms with Gasteiger partial charge in [0, 0.05) is 16.3 Å². The van der Waals surface area contributed by atoms with E-state index in [1.165, 1.54) is 0 Å². The fraction of sp³-hybridized carbons (Fsp3) is 0.444. The van der Waals surface area contributed by atoms with E-state index in [4.69, 9.17) is 13.9 Å². The molecule has 5 nitrogen and oxygen atoms in total. The van der Waals surface area contributed by atoms with Crippen molar-refractivity contribution in [1.29, 1.82) is 0 Å². The Balaban J connectivity index is 3.03. The van der Waals surface area contributed by atoms with E-state index >= 15 is 0 Å². The molecule has 1 aromatic rings. The molecule has 1 aromatic carbocycles. The highest BCUT2D eigenvalue weighted by Gasteiger charge is 2.32. The summed E-state index contributed by atoms with van der Waals surface area (Å²) in [6.07, 6.45) is 1.61. The minimum absolute atomic E-state index is 0.300. The van der Waals surface area contributed by atoms with Crippen molar-refractivity contribution in [3.05, 3.63) is 40.7 Å². The maximum absolute atomic E-state index is 12.1. The van der Waals surface area contributed by atoms with Crippen molar-refractivity contribution < 1.29 is 18.7 Å². The Labute approximate surface area is 159 Å². The van der Waals surface area contributed by atoms with E-state index in [1.54, 1.807) is 33.1 Å². The smallest absolute Gasteiger partial charge is 0.349 e. The molecule has 7 heteroatoms. The fourth-order valence-corrected chi connectivity index (χ4v) is 2.99. The van der Waals surface area contributed by atoms with E-state index < -0.39 is 19.9 Å². The molecule has 0 amide bonds. The van der Waals surface area contributed by atoms with Crippen LogP contribution in [0.3, 0.4) is 0 Å². The number of hydrogen-bond acceptors (Lipinski definition) is 5. The van der Waals surface area contributed by atoms with Gasteiger partial charge in [0.2, 0.25) is 8.32 Å². The summed E-state index contributed by atoms with van der Waals surface area (Å²) in [6, 6.07) is 5.46. The van der Waals surface area contributed by atoms with Gasteiger partial charge in [-0.15, -0.1) is 0 Å². The molecule has 0 atom stereocenters. The largest absolute Gasteiger partial charge is 0.532 e. The highest BCUT2D eigenvalue weighted by molar-refractivity contribution is 9.10. The molecule has 0 heterocycles. The Morgan fingerprint density at radius 1 is 1.36 bits per heavy atom. The average Bonchev–Trinajstić information content (AvgIpc) is 2.45. The van der Waals surface area contributed by atoms with Crippen molar-refractivity contribution in [1.82, 2.24) is 0 Å². The van der Waals surface area contributed by atoms with E-state index in [-0.39, 0.29) is 0 Å². The second kappa shape index (κ2) is 8.67. The minimum Gasteiger partial charge on any atom is -0.532 e. The molecule has 0 saturated heterocycles. The average molecular weight is 428 g/mol. The fourth-order valence-electron chi connectivity index (χ4n) is 1.86. The van der Waals surface area contributed by atoms with E-state index in [9.17, 15) is 4.79 Å². The third-order valence-electron chi connectivity index (χ3n) is 2.88. The van der Waals surface area contributed by atoms with Crippen molar-refractivity contribution in [2.75, 3.05) is 6.61 Å². The quantitative estimate of drug-likeness (QED) is 0.256. The van der Waals surface area contributed by atoms with Crippen molar-refractivity contribution in [3.63, 3.8) is 0 Å². The lowest BCUT2D eigenvalue weighted by Gasteiger charge is -2.25. The molecule has 138 valence electrons. The van der Waals surface area contributed by atoms with Gasteiger partial charge < -0.3 is 13.9 Å². The molecule has 0 saturated carbocycles. The van der Waals surface area contributed by atoms with E-state index in [2.05, 4.69) is 47.1 Å². The summed E-state index contributed by atoms with van der Waals surface area (Å²) in [5.41, 5.74) is -0.412. The summed E-state index contributed by atoms with van der Waals surface area (Å²) < 4.78 is 17.5. The number of rotatable bonds is 8. The molecule has 25 heavy (non-hydrogen) atoms. The molecule has 0 N–H and O–H groups in total. The first kappa shape index (κ1) is 21.4. The van der Waals surface area contributed by atoms with Crippen LogP contribution >= 0.6 is 15.9 Å². The number of carbonyl (C=O) groups is 1. The first-order valence-electron chi connectivity index (χ1n) is 8.02. The first-order valence-corrected chi connectivity index (χ1v) is 12.2. The molecular weight excluding hydrogens is 402 g/mol. The molecule has 0 unspecified atom stereocenters. The second-order valence-corrected chi connectivity index (χ2v) is 12.2. The van der Waals surface area contributed by atoms with Crippen LogP contribution in [0.1, 0.15) is 26.3 Å². The zero-order chi connectivity index (χ0) is 19.3. The summed E-state index contributed by atoms with van der Waals surface area (Å²) in [4.78, 5) is 16.3. The first-order chi connectivity index (χ1) is 11.4. The lowest BCUT2D eigenvalue weighted by molar-refractivity contribution is -0.158. The Morgan fingerprint density at radius 2 is 2.00 bits per heavy atom. The van der Waals surface area contributed by atoms with E-state index in [0.717, 1.165) is 4.47 Å². The van der Waals surface area contributed by atoms with Gasteiger partial charge in [-0.1, -0.05) is 15.9 Å². The Kier molecular flexibility index (Phi) is 7.43. The Morgan fingerprint density at radius 3 is 2.56 bits per heavy atom. The normalized spacial score (nSPS) is 12.1. The summed E-state index contributed by atoms with van der Waals surface area (Å²) in [5, 5.41) is 0. The van der Waals surface area contributed by atoms with Gasteiger partial charge in [0.25, 0.3) is 0 Å². The summed E-state index contributed by atoms with van der Waals surface area (Å²) in [6.45, 7) is 15.4. The summed E-state index contributed by atoms with van der Waals surface area (Å²) >= 11 is 3.43. The van der Waals surface area contributed by atoms with Gasteiger partial charge in [0.15, 0.2) is 11.5 Å². The van der Waals surface area contributed by atoms with E-state index in [0.29, 0.717) is 23.8 Å². The number of halogens is 1. The summed E-state index contributed by atoms with van der Waals surface area (Å²) in [7, 11) is -1.76. The van der Waals surface area contributed by atoms with Crippen LogP contribution in [0.25, 0.3) is 0 Å². The number of ether oxygens (including phenoxy) is 2. The van der Waals surface area contributed by atoms with Gasteiger partial charge in [0.05, 0.1) is 6.61 Å². The van der Waals surface area contributed by atoms with E-state index in [1.807, 2.05) is 12.1 Å².